The van der Waals surface area contributed by atoms with Crippen LogP contribution in [0.25, 0.3) is 0 Å². The molecule has 0 atom stereocenters. The second-order valence-electron chi connectivity index (χ2n) is 9.27. The van der Waals surface area contributed by atoms with Crippen molar-refractivity contribution in [3.05, 3.63) is 152 Å². The van der Waals surface area contributed by atoms with E-state index in [4.69, 9.17) is 38.8 Å². The van der Waals surface area contributed by atoms with E-state index in [9.17, 15) is 0 Å². The summed E-state index contributed by atoms with van der Waals surface area (Å²) in [5.41, 5.74) is 0. The molecule has 5 aromatic rings. The Morgan fingerprint density at radius 1 is 0.261 bits per heavy atom. The van der Waals surface area contributed by atoms with Crippen LogP contribution in [0, 0.1) is 0 Å². The van der Waals surface area contributed by atoms with Gasteiger partial charge < -0.3 is 0 Å². The summed E-state index contributed by atoms with van der Waals surface area (Å²) in [6, 6.07) is 45.6. The van der Waals surface area contributed by atoms with E-state index < -0.39 is 19.5 Å². The van der Waals surface area contributed by atoms with Crippen LogP contribution in [0.4, 0.5) is 0 Å². The number of para-hydroxylation sites is 5. The number of benzene rings is 5. The van der Waals surface area contributed by atoms with Crippen LogP contribution in [0.15, 0.2) is 152 Å². The molecule has 0 aliphatic carbocycles. The Bertz CT molecular complexity index is 1250. The maximum absolute atomic E-state index is 6.36. The second kappa shape index (κ2) is 17.4. The molecule has 0 aliphatic rings. The molecule has 0 saturated heterocycles. The average molecular weight is 737 g/mol. The van der Waals surface area contributed by atoms with Crippen molar-refractivity contribution in [2.45, 2.75) is 0 Å². The maximum atomic E-state index is 6.34. The summed E-state index contributed by atoms with van der Waals surface area (Å²) in [6.07, 6.45) is 0. The van der Waals surface area contributed by atoms with Gasteiger partial charge >= 0.3 is 273 Å². The third-order valence-electron chi connectivity index (χ3n) is 6.16. The van der Waals surface area contributed by atoms with Gasteiger partial charge in [0.2, 0.25) is 0 Å². The van der Waals surface area contributed by atoms with Gasteiger partial charge in [0.1, 0.15) is 0 Å². The first-order valence-electron chi connectivity index (χ1n) is 14.4. The molecule has 0 saturated carbocycles. The zero-order chi connectivity index (χ0) is 31.6. The van der Waals surface area contributed by atoms with Gasteiger partial charge in [-0.15, -0.1) is 0 Å². The number of ether oxygens (including phenoxy) is 5. The van der Waals surface area contributed by atoms with Gasteiger partial charge in [0.05, 0.1) is 0 Å². The molecule has 5 aromatic carbocycles. The monoisotopic (exact) mass is 736 g/mol. The van der Waals surface area contributed by atoms with Crippen molar-refractivity contribution >= 4 is 19.5 Å². The summed E-state index contributed by atoms with van der Waals surface area (Å²) in [7, 11) is 0. The van der Waals surface area contributed by atoms with Gasteiger partial charge in [0, 0.05) is 0 Å². The summed E-state index contributed by atoms with van der Waals surface area (Å²) >= 11 is -6.36. The quantitative estimate of drug-likeness (QED) is 0.0607. The first-order chi connectivity index (χ1) is 22.7. The van der Waals surface area contributed by atoms with Crippen molar-refractivity contribution in [2.24, 2.45) is 0 Å². The Morgan fingerprint density at radius 3 is 0.609 bits per heavy atom. The number of rotatable bonds is 20. The van der Waals surface area contributed by atoms with Crippen molar-refractivity contribution < 1.29 is 38.8 Å². The SMILES string of the molecule is c1ccc(OC[O][Sb]([O]COc2ccccc2)([O]COc2ccccc2)([O]COc2ccccc2)[O]COc2ccccc2)cc1. The zero-order valence-electron chi connectivity index (χ0n) is 25.0. The van der Waals surface area contributed by atoms with Crippen molar-refractivity contribution in [1.82, 2.24) is 0 Å². The van der Waals surface area contributed by atoms with Crippen molar-refractivity contribution in [3.8, 4) is 28.7 Å². The second-order valence-corrected chi connectivity index (χ2v) is 17.2. The molecule has 0 unspecified atom stereocenters. The fourth-order valence-corrected chi connectivity index (χ4v) is 9.19. The summed E-state index contributed by atoms with van der Waals surface area (Å²) in [4.78, 5) is 0. The van der Waals surface area contributed by atoms with Gasteiger partial charge in [0.15, 0.2) is 0 Å². The number of hydrogen-bond donors (Lipinski definition) is 0. The molecular weight excluding hydrogens is 702 g/mol. The van der Waals surface area contributed by atoms with E-state index in [1.54, 1.807) is 60.7 Å². The summed E-state index contributed by atoms with van der Waals surface area (Å²) in [6.45, 7) is -1.88. The Labute approximate surface area is 271 Å². The van der Waals surface area contributed by atoms with Gasteiger partial charge in [-0.05, 0) is 0 Å². The van der Waals surface area contributed by atoms with Crippen LogP contribution in [0.1, 0.15) is 0 Å². The van der Waals surface area contributed by atoms with Gasteiger partial charge in [-0.25, -0.2) is 0 Å². The first kappa shape index (κ1) is 33.1. The van der Waals surface area contributed by atoms with Crippen LogP contribution in [-0.2, 0) is 15.1 Å². The molecule has 0 bridgehead atoms. The number of hydrogen-bond acceptors (Lipinski definition) is 10. The van der Waals surface area contributed by atoms with Crippen molar-refractivity contribution in [3.63, 3.8) is 0 Å². The Morgan fingerprint density at radius 2 is 0.435 bits per heavy atom. The normalized spacial score (nSPS) is 12.0. The Kier molecular flexibility index (Phi) is 12.5. The molecule has 10 nitrogen and oxygen atoms in total. The van der Waals surface area contributed by atoms with E-state index in [0.717, 1.165) is 0 Å². The Hall–Kier alpha value is -4.28. The van der Waals surface area contributed by atoms with E-state index in [1.807, 2.05) is 91.0 Å². The van der Waals surface area contributed by atoms with Gasteiger partial charge in [0.25, 0.3) is 0 Å². The molecule has 11 heteroatoms. The third kappa shape index (κ3) is 10.4. The summed E-state index contributed by atoms with van der Waals surface area (Å²) in [5, 5.41) is 0. The molecule has 5 rings (SSSR count). The van der Waals surface area contributed by atoms with E-state index in [1.165, 1.54) is 0 Å². The van der Waals surface area contributed by atoms with Crippen LogP contribution < -0.4 is 23.7 Å². The van der Waals surface area contributed by atoms with Gasteiger partial charge in [-0.1, -0.05) is 0 Å². The fraction of sp³-hybridized carbons (Fsp3) is 0.143. The zero-order valence-corrected chi connectivity index (χ0v) is 27.6. The van der Waals surface area contributed by atoms with E-state index >= 15 is 0 Å². The molecule has 0 spiro atoms. The summed E-state index contributed by atoms with van der Waals surface area (Å²) < 4.78 is 61.2. The summed E-state index contributed by atoms with van der Waals surface area (Å²) in [5.74, 6) is 2.70. The van der Waals surface area contributed by atoms with Crippen molar-refractivity contribution in [1.29, 1.82) is 0 Å². The predicted molar refractivity (Wildman–Crippen MR) is 171 cm³/mol. The topological polar surface area (TPSA) is 92.3 Å². The van der Waals surface area contributed by atoms with Crippen LogP contribution in [0.5, 0.6) is 28.7 Å². The first-order valence-corrected chi connectivity index (χ1v) is 19.6. The van der Waals surface area contributed by atoms with Crippen molar-refractivity contribution in [2.75, 3.05) is 34.0 Å². The molecule has 0 fully saturated rings. The molecule has 0 heterocycles. The molecule has 46 heavy (non-hydrogen) atoms. The van der Waals surface area contributed by atoms with E-state index in [-0.39, 0.29) is 34.0 Å². The standard InChI is InChI=1S/5C7H7O2.Sb/c5*8-6-9-7-4-2-1-3-5-7;/h5*1-5H,6H2;/q5*-1;+5. The van der Waals surface area contributed by atoms with Crippen LogP contribution in [-0.4, -0.2) is 53.5 Å². The van der Waals surface area contributed by atoms with Gasteiger partial charge in [-0.2, -0.15) is 0 Å². The Balaban J connectivity index is 1.44. The molecule has 0 N–H and O–H groups in total. The molecular formula is C35H35O10Sb. The molecule has 0 amide bonds. The molecule has 0 radical (unpaired) electrons. The third-order valence-corrected chi connectivity index (χ3v) is 13.7. The molecule has 0 aliphatic heterocycles. The van der Waals surface area contributed by atoms with Crippen LogP contribution in [0.2, 0.25) is 0 Å². The van der Waals surface area contributed by atoms with Crippen LogP contribution in [0.3, 0.4) is 0 Å². The fourth-order valence-electron chi connectivity index (χ4n) is 3.86. The minimum absolute atomic E-state index is 0.376. The van der Waals surface area contributed by atoms with E-state index in [2.05, 4.69) is 0 Å². The molecule has 0 aromatic heterocycles. The molecule has 240 valence electrons. The van der Waals surface area contributed by atoms with Crippen LogP contribution >= 0.6 is 0 Å². The minimum atomic E-state index is -6.36. The van der Waals surface area contributed by atoms with E-state index in [0.29, 0.717) is 28.7 Å². The average Bonchev–Trinajstić information content (AvgIpc) is 3.11. The predicted octanol–water partition coefficient (Wildman–Crippen LogP) is 7.14. The van der Waals surface area contributed by atoms with Gasteiger partial charge in [-0.3, -0.25) is 0 Å².